The Morgan fingerprint density at radius 3 is 2.55 bits per heavy atom. The van der Waals surface area contributed by atoms with E-state index in [-0.39, 0.29) is 0 Å². The average Bonchev–Trinajstić information content (AvgIpc) is 2.55. The molecule has 0 aliphatic rings. The number of nitriles is 1. The van der Waals surface area contributed by atoms with Crippen LogP contribution in [0.2, 0.25) is 5.02 Å². The molecule has 114 valence electrons. The maximum Gasteiger partial charge on any atom is 0.160 e. The first-order valence-electron chi connectivity index (χ1n) is 6.82. The summed E-state index contributed by atoms with van der Waals surface area (Å²) in [6.07, 6.45) is 0.789. The van der Waals surface area contributed by atoms with E-state index < -0.39 is 0 Å². The average molecular weight is 317 g/mol. The van der Waals surface area contributed by atoms with Gasteiger partial charge in [-0.2, -0.15) is 5.26 Å². The van der Waals surface area contributed by atoms with Gasteiger partial charge in [0.25, 0.3) is 0 Å². The molecule has 0 aliphatic carbocycles. The van der Waals surface area contributed by atoms with E-state index in [0.717, 1.165) is 17.7 Å². The molecule has 2 rings (SSSR count). The number of benzene rings is 2. The lowest BCUT2D eigenvalue weighted by molar-refractivity contribution is 0.354. The number of halogens is 1. The molecule has 0 fully saturated rings. The largest absolute Gasteiger partial charge is 0.493 e. The van der Waals surface area contributed by atoms with E-state index in [1.807, 2.05) is 18.2 Å². The van der Waals surface area contributed by atoms with Crippen molar-refractivity contribution in [2.24, 2.45) is 0 Å². The molecule has 0 saturated heterocycles. The van der Waals surface area contributed by atoms with Crippen LogP contribution in [0.1, 0.15) is 11.1 Å². The van der Waals surface area contributed by atoms with Crippen LogP contribution in [0.25, 0.3) is 0 Å². The minimum Gasteiger partial charge on any atom is -0.493 e. The smallest absolute Gasteiger partial charge is 0.160 e. The first kappa shape index (κ1) is 16.0. The van der Waals surface area contributed by atoms with E-state index >= 15 is 0 Å². The predicted octanol–water partition coefficient (Wildman–Crippen LogP) is 3.88. The van der Waals surface area contributed by atoms with E-state index in [1.165, 1.54) is 0 Å². The molecule has 0 heterocycles. The Balaban J connectivity index is 2.03. The number of nitrogens with zero attached hydrogens (tertiary/aromatic N) is 1. The summed E-state index contributed by atoms with van der Waals surface area (Å²) in [5, 5.41) is 12.9. The van der Waals surface area contributed by atoms with Crippen molar-refractivity contribution in [1.82, 2.24) is 0 Å². The van der Waals surface area contributed by atoms with Gasteiger partial charge in [-0.1, -0.05) is 17.7 Å². The molecule has 0 radical (unpaired) electrons. The van der Waals surface area contributed by atoms with Crippen LogP contribution >= 0.6 is 11.6 Å². The van der Waals surface area contributed by atoms with E-state index in [4.69, 9.17) is 26.3 Å². The summed E-state index contributed by atoms with van der Waals surface area (Å²) in [7, 11) is 3.23. The van der Waals surface area contributed by atoms with Crippen molar-refractivity contribution in [2.45, 2.75) is 6.42 Å². The first-order chi connectivity index (χ1) is 10.7. The molecule has 2 aromatic carbocycles. The van der Waals surface area contributed by atoms with Crippen molar-refractivity contribution < 1.29 is 9.47 Å². The second kappa shape index (κ2) is 7.58. The van der Waals surface area contributed by atoms with Gasteiger partial charge in [0, 0.05) is 11.6 Å². The quantitative estimate of drug-likeness (QED) is 0.878. The Hall–Kier alpha value is -2.38. The van der Waals surface area contributed by atoms with E-state index in [9.17, 15) is 0 Å². The number of hydrogen-bond donors (Lipinski definition) is 1. The first-order valence-corrected chi connectivity index (χ1v) is 7.20. The summed E-state index contributed by atoms with van der Waals surface area (Å²) in [6, 6.07) is 13.1. The van der Waals surface area contributed by atoms with Crippen molar-refractivity contribution >= 4 is 17.3 Å². The third-order valence-corrected chi connectivity index (χ3v) is 3.51. The number of methoxy groups -OCH3 is 2. The Kier molecular flexibility index (Phi) is 5.51. The van der Waals surface area contributed by atoms with Crippen LogP contribution < -0.4 is 14.8 Å². The number of hydrogen-bond acceptors (Lipinski definition) is 4. The zero-order valence-electron chi connectivity index (χ0n) is 12.5. The van der Waals surface area contributed by atoms with Crippen LogP contribution in [0.5, 0.6) is 11.5 Å². The Morgan fingerprint density at radius 2 is 1.86 bits per heavy atom. The topological polar surface area (TPSA) is 54.3 Å². The van der Waals surface area contributed by atoms with Gasteiger partial charge in [0.15, 0.2) is 11.5 Å². The molecular formula is C17H17ClN2O2. The van der Waals surface area contributed by atoms with Crippen LogP contribution in [-0.4, -0.2) is 20.8 Å². The molecule has 0 bridgehead atoms. The SMILES string of the molecule is COc1ccc(CCNc2cc(Cl)ccc2C#N)cc1OC. The van der Waals surface area contributed by atoms with Crippen LogP contribution in [0.15, 0.2) is 36.4 Å². The van der Waals surface area contributed by atoms with Crippen LogP contribution in [-0.2, 0) is 6.42 Å². The van der Waals surface area contributed by atoms with Crippen molar-refractivity contribution in [1.29, 1.82) is 5.26 Å². The molecule has 5 heteroatoms. The third-order valence-electron chi connectivity index (χ3n) is 3.28. The van der Waals surface area contributed by atoms with Gasteiger partial charge >= 0.3 is 0 Å². The summed E-state index contributed by atoms with van der Waals surface area (Å²) in [5.41, 5.74) is 2.44. The van der Waals surface area contributed by atoms with Crippen molar-refractivity contribution in [2.75, 3.05) is 26.1 Å². The minimum atomic E-state index is 0.580. The maximum atomic E-state index is 9.09. The lowest BCUT2D eigenvalue weighted by atomic mass is 10.1. The second-order valence-corrected chi connectivity index (χ2v) is 5.10. The van der Waals surface area contributed by atoms with Crippen molar-refractivity contribution in [3.05, 3.63) is 52.5 Å². The van der Waals surface area contributed by atoms with Crippen LogP contribution in [0.3, 0.4) is 0 Å². The van der Waals surface area contributed by atoms with Gasteiger partial charge in [0.05, 0.1) is 25.5 Å². The monoisotopic (exact) mass is 316 g/mol. The van der Waals surface area contributed by atoms with E-state index in [1.54, 1.807) is 32.4 Å². The Labute approximate surface area is 135 Å². The van der Waals surface area contributed by atoms with Gasteiger partial charge < -0.3 is 14.8 Å². The summed E-state index contributed by atoms with van der Waals surface area (Å²) in [6.45, 7) is 0.685. The molecule has 0 aliphatic heterocycles. The Bertz CT molecular complexity index is 696. The standard InChI is InChI=1S/C17H17ClN2O2/c1-21-16-6-3-12(9-17(16)22-2)7-8-20-15-10-14(18)5-4-13(15)11-19/h3-6,9-10,20H,7-8H2,1-2H3. The molecule has 1 N–H and O–H groups in total. The Morgan fingerprint density at radius 1 is 1.09 bits per heavy atom. The molecule has 0 aromatic heterocycles. The summed E-state index contributed by atoms with van der Waals surface area (Å²) in [4.78, 5) is 0. The highest BCUT2D eigenvalue weighted by molar-refractivity contribution is 6.30. The summed E-state index contributed by atoms with van der Waals surface area (Å²) in [5.74, 6) is 1.42. The highest BCUT2D eigenvalue weighted by atomic mass is 35.5. The van der Waals surface area contributed by atoms with Gasteiger partial charge in [-0.3, -0.25) is 0 Å². The second-order valence-electron chi connectivity index (χ2n) is 4.67. The molecule has 0 unspecified atom stereocenters. The van der Waals surface area contributed by atoms with Gasteiger partial charge in [0.1, 0.15) is 6.07 Å². The van der Waals surface area contributed by atoms with Crippen molar-refractivity contribution in [3.63, 3.8) is 0 Å². The number of ether oxygens (including phenoxy) is 2. The zero-order chi connectivity index (χ0) is 15.9. The van der Waals surface area contributed by atoms with Crippen LogP contribution in [0.4, 0.5) is 5.69 Å². The van der Waals surface area contributed by atoms with Crippen molar-refractivity contribution in [3.8, 4) is 17.6 Å². The number of nitrogens with one attached hydrogen (secondary N) is 1. The summed E-state index contributed by atoms with van der Waals surface area (Å²) < 4.78 is 10.5. The van der Waals surface area contributed by atoms with E-state index in [0.29, 0.717) is 28.6 Å². The van der Waals surface area contributed by atoms with Gasteiger partial charge in [-0.05, 0) is 42.3 Å². The molecule has 0 atom stereocenters. The number of anilines is 1. The fraction of sp³-hybridized carbons (Fsp3) is 0.235. The molecule has 0 amide bonds. The predicted molar refractivity (Wildman–Crippen MR) is 87.9 cm³/mol. The lowest BCUT2D eigenvalue weighted by Crippen LogP contribution is -2.06. The highest BCUT2D eigenvalue weighted by Gasteiger charge is 2.06. The molecule has 0 spiro atoms. The van der Waals surface area contributed by atoms with Gasteiger partial charge in [-0.25, -0.2) is 0 Å². The highest BCUT2D eigenvalue weighted by Crippen LogP contribution is 2.27. The molecule has 4 nitrogen and oxygen atoms in total. The normalized spacial score (nSPS) is 9.91. The van der Waals surface area contributed by atoms with E-state index in [2.05, 4.69) is 11.4 Å². The van der Waals surface area contributed by atoms with Gasteiger partial charge in [0.2, 0.25) is 0 Å². The van der Waals surface area contributed by atoms with Gasteiger partial charge in [-0.15, -0.1) is 0 Å². The molecule has 22 heavy (non-hydrogen) atoms. The fourth-order valence-electron chi connectivity index (χ4n) is 2.14. The minimum absolute atomic E-state index is 0.580. The van der Waals surface area contributed by atoms with Crippen LogP contribution in [0, 0.1) is 11.3 Å². The summed E-state index contributed by atoms with van der Waals surface area (Å²) >= 11 is 5.96. The molecule has 0 saturated carbocycles. The lowest BCUT2D eigenvalue weighted by Gasteiger charge is -2.11. The molecular weight excluding hydrogens is 300 g/mol. The number of rotatable bonds is 6. The fourth-order valence-corrected chi connectivity index (χ4v) is 2.31. The molecule has 2 aromatic rings. The third kappa shape index (κ3) is 3.84. The zero-order valence-corrected chi connectivity index (χ0v) is 13.3. The maximum absolute atomic E-state index is 9.09.